The van der Waals surface area contributed by atoms with Crippen molar-refractivity contribution >= 4 is 11.8 Å². The number of nitrogens with one attached hydrogen (secondary N) is 1. The van der Waals surface area contributed by atoms with E-state index in [1.807, 2.05) is 48.5 Å². The average molecular weight is 380 g/mol. The molecule has 0 bridgehead atoms. The van der Waals surface area contributed by atoms with Crippen LogP contribution in [0.4, 0.5) is 0 Å². The fraction of sp³-hybridized carbons (Fsp3) is 0.391. The van der Waals surface area contributed by atoms with Crippen LogP contribution in [-0.2, 0) is 16.0 Å². The lowest BCUT2D eigenvalue weighted by Crippen LogP contribution is -2.52. The molecule has 5 nitrogen and oxygen atoms in total. The topological polar surface area (TPSA) is 58.6 Å². The quantitative estimate of drug-likeness (QED) is 0.835. The Morgan fingerprint density at radius 1 is 1.14 bits per heavy atom. The molecule has 28 heavy (non-hydrogen) atoms. The third-order valence-electron chi connectivity index (χ3n) is 5.24. The van der Waals surface area contributed by atoms with Crippen molar-refractivity contribution in [3.63, 3.8) is 0 Å². The first-order valence-corrected chi connectivity index (χ1v) is 9.79. The van der Waals surface area contributed by atoms with E-state index in [0.717, 1.165) is 16.9 Å². The predicted octanol–water partition coefficient (Wildman–Crippen LogP) is 3.45. The highest BCUT2D eigenvalue weighted by atomic mass is 16.5. The van der Waals surface area contributed by atoms with Gasteiger partial charge < -0.3 is 15.0 Å². The highest BCUT2D eigenvalue weighted by Crippen LogP contribution is 2.26. The second-order valence-electron chi connectivity index (χ2n) is 7.45. The number of benzene rings is 2. The summed E-state index contributed by atoms with van der Waals surface area (Å²) in [5, 5.41) is 2.89. The number of aryl methyl sites for hydroxylation is 1. The second-order valence-corrected chi connectivity index (χ2v) is 7.45. The molecule has 2 amide bonds. The number of ether oxygens (including phenoxy) is 1. The van der Waals surface area contributed by atoms with Gasteiger partial charge in [-0.05, 0) is 41.2 Å². The van der Waals surface area contributed by atoms with E-state index in [0.29, 0.717) is 31.8 Å². The number of amides is 2. The smallest absolute Gasteiger partial charge is 0.247 e. The molecular weight excluding hydrogens is 352 g/mol. The summed E-state index contributed by atoms with van der Waals surface area (Å²) < 4.78 is 5.17. The largest absolute Gasteiger partial charge is 0.497 e. The summed E-state index contributed by atoms with van der Waals surface area (Å²) in [5.74, 6) is 1.12. The van der Waals surface area contributed by atoms with Gasteiger partial charge in [-0.25, -0.2) is 0 Å². The third-order valence-corrected chi connectivity index (χ3v) is 5.24. The van der Waals surface area contributed by atoms with Crippen molar-refractivity contribution in [3.8, 4) is 5.75 Å². The van der Waals surface area contributed by atoms with E-state index in [1.165, 1.54) is 5.56 Å². The SMILES string of the molecule is COc1ccc(CCC(=O)N2CCNC(=O)C2c2ccc(C(C)C)cc2)cc1. The van der Waals surface area contributed by atoms with Gasteiger partial charge in [-0.2, -0.15) is 0 Å². The molecule has 0 saturated carbocycles. The minimum Gasteiger partial charge on any atom is -0.497 e. The number of carbonyl (C=O) groups is 2. The van der Waals surface area contributed by atoms with Crippen molar-refractivity contribution in [2.45, 2.75) is 38.6 Å². The van der Waals surface area contributed by atoms with Gasteiger partial charge in [0.2, 0.25) is 11.8 Å². The molecule has 148 valence electrons. The van der Waals surface area contributed by atoms with Crippen LogP contribution in [0.5, 0.6) is 5.75 Å². The number of hydrogen-bond donors (Lipinski definition) is 1. The van der Waals surface area contributed by atoms with E-state index in [9.17, 15) is 9.59 Å². The molecule has 2 aromatic carbocycles. The monoisotopic (exact) mass is 380 g/mol. The van der Waals surface area contributed by atoms with E-state index in [1.54, 1.807) is 12.0 Å². The number of rotatable bonds is 6. The van der Waals surface area contributed by atoms with Crippen LogP contribution in [0.2, 0.25) is 0 Å². The van der Waals surface area contributed by atoms with Gasteiger partial charge in [0, 0.05) is 19.5 Å². The summed E-state index contributed by atoms with van der Waals surface area (Å²) in [6.07, 6.45) is 1.01. The van der Waals surface area contributed by atoms with Crippen molar-refractivity contribution in [2.24, 2.45) is 0 Å². The molecule has 0 radical (unpaired) electrons. The Labute approximate surface area is 166 Å². The van der Waals surface area contributed by atoms with E-state index >= 15 is 0 Å². The molecule has 1 aliphatic rings. The Morgan fingerprint density at radius 2 is 1.82 bits per heavy atom. The van der Waals surface area contributed by atoms with E-state index < -0.39 is 6.04 Å². The lowest BCUT2D eigenvalue weighted by atomic mass is 9.96. The molecule has 0 spiro atoms. The molecule has 1 N–H and O–H groups in total. The Kier molecular flexibility index (Phi) is 6.34. The average Bonchev–Trinajstić information content (AvgIpc) is 2.72. The molecule has 0 aromatic heterocycles. The van der Waals surface area contributed by atoms with Crippen molar-refractivity contribution in [3.05, 3.63) is 65.2 Å². The lowest BCUT2D eigenvalue weighted by Gasteiger charge is -2.35. The van der Waals surface area contributed by atoms with Gasteiger partial charge in [-0.3, -0.25) is 9.59 Å². The maximum absolute atomic E-state index is 12.9. The minimum absolute atomic E-state index is 0.00334. The van der Waals surface area contributed by atoms with Crippen LogP contribution in [0.3, 0.4) is 0 Å². The molecule has 1 aliphatic heterocycles. The van der Waals surface area contributed by atoms with Crippen LogP contribution < -0.4 is 10.1 Å². The summed E-state index contributed by atoms with van der Waals surface area (Å²) in [6.45, 7) is 5.30. The number of nitrogens with zero attached hydrogens (tertiary/aromatic N) is 1. The molecule has 5 heteroatoms. The van der Waals surface area contributed by atoms with E-state index in [2.05, 4.69) is 19.2 Å². The molecule has 1 fully saturated rings. The Bertz CT molecular complexity index is 813. The summed E-state index contributed by atoms with van der Waals surface area (Å²) in [7, 11) is 1.63. The van der Waals surface area contributed by atoms with Gasteiger partial charge in [0.1, 0.15) is 11.8 Å². The second kappa shape index (κ2) is 8.91. The van der Waals surface area contributed by atoms with Crippen LogP contribution >= 0.6 is 0 Å². The summed E-state index contributed by atoms with van der Waals surface area (Å²) in [6, 6.07) is 15.2. The number of hydrogen-bond acceptors (Lipinski definition) is 3. The van der Waals surface area contributed by atoms with Crippen molar-refractivity contribution in [1.29, 1.82) is 0 Å². The predicted molar refractivity (Wildman–Crippen MR) is 109 cm³/mol. The maximum atomic E-state index is 12.9. The zero-order chi connectivity index (χ0) is 20.1. The van der Waals surface area contributed by atoms with Crippen LogP contribution in [0.25, 0.3) is 0 Å². The Balaban J connectivity index is 1.71. The van der Waals surface area contributed by atoms with Crippen molar-refractivity contribution in [2.75, 3.05) is 20.2 Å². The molecule has 1 saturated heterocycles. The van der Waals surface area contributed by atoms with Gasteiger partial charge >= 0.3 is 0 Å². The fourth-order valence-corrected chi connectivity index (χ4v) is 3.52. The zero-order valence-electron chi connectivity index (χ0n) is 16.8. The van der Waals surface area contributed by atoms with Gasteiger partial charge in [-0.1, -0.05) is 50.2 Å². The number of methoxy groups -OCH3 is 1. The van der Waals surface area contributed by atoms with Gasteiger partial charge in [-0.15, -0.1) is 0 Å². The number of carbonyl (C=O) groups excluding carboxylic acids is 2. The van der Waals surface area contributed by atoms with Crippen LogP contribution in [-0.4, -0.2) is 36.9 Å². The normalized spacial score (nSPS) is 16.8. The molecule has 3 rings (SSSR count). The highest BCUT2D eigenvalue weighted by Gasteiger charge is 2.33. The van der Waals surface area contributed by atoms with E-state index in [-0.39, 0.29) is 11.8 Å². The first-order chi connectivity index (χ1) is 13.5. The highest BCUT2D eigenvalue weighted by molar-refractivity contribution is 5.89. The fourth-order valence-electron chi connectivity index (χ4n) is 3.52. The first kappa shape index (κ1) is 19.9. The molecular formula is C23H28N2O3. The molecule has 2 aromatic rings. The number of piperazine rings is 1. The standard InChI is InChI=1S/C23H28N2O3/c1-16(2)18-7-9-19(10-8-18)22-23(27)24-14-15-25(22)21(26)13-6-17-4-11-20(28-3)12-5-17/h4-5,7-12,16,22H,6,13-15H2,1-3H3,(H,24,27). The van der Waals surface area contributed by atoms with Gasteiger partial charge in [0.15, 0.2) is 0 Å². The van der Waals surface area contributed by atoms with Crippen molar-refractivity contribution in [1.82, 2.24) is 10.2 Å². The van der Waals surface area contributed by atoms with Crippen molar-refractivity contribution < 1.29 is 14.3 Å². The Hall–Kier alpha value is -2.82. The molecule has 1 atom stereocenters. The van der Waals surface area contributed by atoms with E-state index in [4.69, 9.17) is 4.74 Å². The summed E-state index contributed by atoms with van der Waals surface area (Å²) in [4.78, 5) is 27.2. The summed E-state index contributed by atoms with van der Waals surface area (Å²) >= 11 is 0. The molecule has 0 aliphatic carbocycles. The molecule has 1 heterocycles. The first-order valence-electron chi connectivity index (χ1n) is 9.79. The van der Waals surface area contributed by atoms with Crippen LogP contribution in [0.1, 0.15) is 48.9 Å². The third kappa shape index (κ3) is 4.53. The summed E-state index contributed by atoms with van der Waals surface area (Å²) in [5.41, 5.74) is 3.16. The minimum atomic E-state index is -0.557. The van der Waals surface area contributed by atoms with Crippen LogP contribution in [0, 0.1) is 0 Å². The van der Waals surface area contributed by atoms with Gasteiger partial charge in [0.05, 0.1) is 7.11 Å². The van der Waals surface area contributed by atoms with Crippen LogP contribution in [0.15, 0.2) is 48.5 Å². The zero-order valence-corrected chi connectivity index (χ0v) is 16.8. The maximum Gasteiger partial charge on any atom is 0.247 e. The lowest BCUT2D eigenvalue weighted by molar-refractivity contribution is -0.143. The van der Waals surface area contributed by atoms with Gasteiger partial charge in [0.25, 0.3) is 0 Å². The Morgan fingerprint density at radius 3 is 2.43 bits per heavy atom. The molecule has 1 unspecified atom stereocenters.